The molecule has 62 heavy (non-hydrogen) atoms. The second kappa shape index (κ2) is 14.5. The summed E-state index contributed by atoms with van der Waals surface area (Å²) in [7, 11) is 0. The first-order chi connectivity index (χ1) is 29.8. The Bertz CT molecular complexity index is 3000. The number of allylic oxidation sites excluding steroid dienone is 4. The van der Waals surface area contributed by atoms with Crippen LogP contribution < -0.4 is 4.90 Å². The van der Waals surface area contributed by atoms with Crippen LogP contribution in [0.5, 0.6) is 0 Å². The molecule has 0 aliphatic heterocycles. The van der Waals surface area contributed by atoms with Gasteiger partial charge in [0.15, 0.2) is 0 Å². The maximum Gasteiger partial charge on any atom is 0.0720 e. The minimum atomic E-state index is -0.623. The Morgan fingerprint density at radius 1 is 0.532 bits per heavy atom. The molecule has 2 atom stereocenters. The van der Waals surface area contributed by atoms with Gasteiger partial charge in [-0.2, -0.15) is 0 Å². The summed E-state index contributed by atoms with van der Waals surface area (Å²) in [5.41, 5.74) is 19.2. The second-order valence-corrected chi connectivity index (χ2v) is 20.0. The van der Waals surface area contributed by atoms with Gasteiger partial charge in [0.1, 0.15) is 0 Å². The Balaban J connectivity index is 1.28. The third kappa shape index (κ3) is 6.15. The molecule has 0 N–H and O–H groups in total. The molecule has 0 heterocycles. The molecule has 1 nitrogen and oxygen atoms in total. The van der Waals surface area contributed by atoms with Crippen molar-refractivity contribution in [1.82, 2.24) is 0 Å². The van der Waals surface area contributed by atoms with E-state index >= 15 is 0 Å². The van der Waals surface area contributed by atoms with Crippen LogP contribution in [0.4, 0.5) is 17.1 Å². The topological polar surface area (TPSA) is 3.24 Å². The second-order valence-electron chi connectivity index (χ2n) is 20.0. The largest absolute Gasteiger partial charge is 0.309 e. The number of hydrogen-bond donors (Lipinski definition) is 0. The predicted octanol–water partition coefficient (Wildman–Crippen LogP) is 15.9. The van der Waals surface area contributed by atoms with Crippen LogP contribution in [0.3, 0.4) is 0 Å². The molecule has 7 aromatic rings. The Labute approximate surface area is 369 Å². The average molecular weight is 802 g/mol. The third-order valence-corrected chi connectivity index (χ3v) is 13.8. The van der Waals surface area contributed by atoms with Crippen LogP contribution in [-0.4, -0.2) is 0 Å². The molecule has 0 fully saturated rings. The van der Waals surface area contributed by atoms with Crippen LogP contribution >= 0.6 is 0 Å². The van der Waals surface area contributed by atoms with Gasteiger partial charge in [-0.25, -0.2) is 0 Å². The zero-order valence-corrected chi connectivity index (χ0v) is 37.3. The van der Waals surface area contributed by atoms with E-state index in [9.17, 15) is 0 Å². The average Bonchev–Trinajstić information content (AvgIpc) is 3.52. The minimum Gasteiger partial charge on any atom is -0.309 e. The first-order valence-electron chi connectivity index (χ1n) is 22.2. The van der Waals surface area contributed by atoms with Crippen molar-refractivity contribution in [3.8, 4) is 45.2 Å². The number of nitrogens with zero attached hydrogens (tertiary/aromatic N) is 1. The molecule has 1 heteroatoms. The van der Waals surface area contributed by atoms with E-state index in [4.69, 9.17) is 0 Å². The molecule has 0 saturated heterocycles. The number of rotatable bonds is 6. The van der Waals surface area contributed by atoms with Gasteiger partial charge < -0.3 is 4.90 Å². The summed E-state index contributed by atoms with van der Waals surface area (Å²) in [6.45, 7) is 18.5. The van der Waals surface area contributed by atoms with E-state index in [0.717, 1.165) is 17.1 Å². The van der Waals surface area contributed by atoms with E-state index in [-0.39, 0.29) is 22.2 Å². The van der Waals surface area contributed by atoms with Crippen molar-refractivity contribution in [2.24, 2.45) is 11.3 Å². The van der Waals surface area contributed by atoms with Crippen LogP contribution in [-0.2, 0) is 16.2 Å². The van der Waals surface area contributed by atoms with Crippen molar-refractivity contribution in [2.45, 2.75) is 71.6 Å². The van der Waals surface area contributed by atoms with Crippen molar-refractivity contribution < 1.29 is 0 Å². The van der Waals surface area contributed by atoms with Gasteiger partial charge in [-0.05, 0) is 102 Å². The lowest BCUT2D eigenvalue weighted by molar-refractivity contribution is 0.353. The van der Waals surface area contributed by atoms with E-state index in [1.807, 2.05) is 0 Å². The van der Waals surface area contributed by atoms with Gasteiger partial charge in [0.25, 0.3) is 0 Å². The highest BCUT2D eigenvalue weighted by atomic mass is 15.1. The molecular formula is C61H55N. The zero-order chi connectivity index (χ0) is 43.0. The smallest absolute Gasteiger partial charge is 0.0720 e. The quantitative estimate of drug-likeness (QED) is 0.151. The molecule has 0 amide bonds. The molecule has 304 valence electrons. The SMILES string of the molecule is CC(C)(C)c1ccc(C2(C3=CC#CC(C(C)(C)C)C=C3)c3ccccc3-c3c(N(c4ccc5c(c4)C(C)(C)c4ccccc4-5)c4ccccc4-c4ccccc4)cccc32)cc1. The van der Waals surface area contributed by atoms with Crippen LogP contribution in [0.2, 0.25) is 0 Å². The fourth-order valence-corrected chi connectivity index (χ4v) is 10.5. The lowest BCUT2D eigenvalue weighted by atomic mass is 9.66. The van der Waals surface area contributed by atoms with Gasteiger partial charge in [0.05, 0.1) is 16.8 Å². The van der Waals surface area contributed by atoms with Crippen LogP contribution in [0.15, 0.2) is 188 Å². The summed E-state index contributed by atoms with van der Waals surface area (Å²) in [6, 6.07) is 61.5. The first kappa shape index (κ1) is 39.5. The summed E-state index contributed by atoms with van der Waals surface area (Å²) in [5, 5.41) is 0. The Kier molecular flexibility index (Phi) is 9.24. The molecule has 3 aliphatic carbocycles. The monoisotopic (exact) mass is 801 g/mol. The predicted molar refractivity (Wildman–Crippen MR) is 263 cm³/mol. The molecule has 0 aromatic heterocycles. The molecule has 2 unspecified atom stereocenters. The number of para-hydroxylation sites is 1. The van der Waals surface area contributed by atoms with Crippen molar-refractivity contribution in [2.75, 3.05) is 4.90 Å². The number of benzene rings is 7. The van der Waals surface area contributed by atoms with Crippen LogP contribution in [0, 0.1) is 23.2 Å². The van der Waals surface area contributed by atoms with Crippen molar-refractivity contribution in [3.63, 3.8) is 0 Å². The van der Waals surface area contributed by atoms with Gasteiger partial charge in [0.2, 0.25) is 0 Å². The summed E-state index contributed by atoms with van der Waals surface area (Å²) in [6.07, 6.45) is 6.94. The fourth-order valence-electron chi connectivity index (χ4n) is 10.5. The highest BCUT2D eigenvalue weighted by Crippen LogP contribution is 2.61. The molecule has 7 aromatic carbocycles. The Morgan fingerprint density at radius 2 is 1.15 bits per heavy atom. The van der Waals surface area contributed by atoms with Crippen molar-refractivity contribution in [3.05, 3.63) is 221 Å². The van der Waals surface area contributed by atoms with E-state index in [1.54, 1.807) is 0 Å². The molecule has 10 rings (SSSR count). The van der Waals surface area contributed by atoms with Gasteiger partial charge >= 0.3 is 0 Å². The molecule has 0 radical (unpaired) electrons. The van der Waals surface area contributed by atoms with Gasteiger partial charge in [0, 0.05) is 28.1 Å². The maximum absolute atomic E-state index is 3.63. The van der Waals surface area contributed by atoms with E-state index in [1.165, 1.54) is 72.3 Å². The Hall–Kier alpha value is -6.62. The molecule has 3 aliphatic rings. The molecular weight excluding hydrogens is 747 g/mol. The third-order valence-electron chi connectivity index (χ3n) is 13.8. The lowest BCUT2D eigenvalue weighted by Gasteiger charge is -2.36. The maximum atomic E-state index is 3.63. The summed E-state index contributed by atoms with van der Waals surface area (Å²) in [5.74, 6) is 7.34. The van der Waals surface area contributed by atoms with E-state index in [0.29, 0.717) is 0 Å². The molecule has 0 spiro atoms. The zero-order valence-electron chi connectivity index (χ0n) is 37.3. The molecule has 0 bridgehead atoms. The van der Waals surface area contributed by atoms with Crippen molar-refractivity contribution in [1.29, 1.82) is 0 Å². The van der Waals surface area contributed by atoms with Gasteiger partial charge in [-0.1, -0.05) is 219 Å². The highest BCUT2D eigenvalue weighted by Gasteiger charge is 2.48. The molecule has 0 saturated carbocycles. The van der Waals surface area contributed by atoms with Gasteiger partial charge in [-0.3, -0.25) is 0 Å². The minimum absolute atomic E-state index is 0.00537. The summed E-state index contributed by atoms with van der Waals surface area (Å²) in [4.78, 5) is 2.54. The first-order valence-corrected chi connectivity index (χ1v) is 22.2. The van der Waals surface area contributed by atoms with Crippen LogP contribution in [0.1, 0.15) is 88.8 Å². The number of hydrogen-bond acceptors (Lipinski definition) is 1. The fraction of sp³-hybridized carbons (Fsp3) is 0.213. The van der Waals surface area contributed by atoms with Crippen LogP contribution in [0.25, 0.3) is 33.4 Å². The summed E-state index contributed by atoms with van der Waals surface area (Å²) >= 11 is 0. The van der Waals surface area contributed by atoms with Crippen molar-refractivity contribution >= 4 is 17.1 Å². The number of fused-ring (bicyclic) bond motifs is 6. The lowest BCUT2D eigenvalue weighted by Crippen LogP contribution is -2.29. The van der Waals surface area contributed by atoms with E-state index < -0.39 is 5.41 Å². The highest BCUT2D eigenvalue weighted by molar-refractivity contribution is 6.00. The summed E-state index contributed by atoms with van der Waals surface area (Å²) < 4.78 is 0. The van der Waals surface area contributed by atoms with Gasteiger partial charge in [-0.15, -0.1) is 0 Å². The number of anilines is 3. The standard InChI is InChI=1S/C61H55N/c1-58(2,3)42-22-18-23-44(35-32-42)61(45-36-33-43(34-37-45)59(4,5)6)52-28-16-13-26-50(52)57-53(61)29-19-31-56(57)62(55-30-17-14-24-47(55)41-20-10-9-11-21-41)46-38-39-49-48-25-12-15-27-51(48)60(7,8)54(49)40-46/h9-17,19-21,23-40,42H,1-8H3. The Morgan fingerprint density at radius 3 is 1.87 bits per heavy atom. The van der Waals surface area contributed by atoms with E-state index in [2.05, 4.69) is 254 Å². The normalized spacial score (nSPS) is 18.1.